The van der Waals surface area contributed by atoms with Crippen LogP contribution in [0.25, 0.3) is 0 Å². The molecule has 0 atom stereocenters. The molecular weight excluding hydrogens is 336 g/mol. The highest BCUT2D eigenvalue weighted by Gasteiger charge is 2.02. The maximum absolute atomic E-state index is 4.85. The largest absolute Gasteiger partial charge is 0.331 e. The van der Waals surface area contributed by atoms with E-state index in [1.54, 1.807) is 11.8 Å². The van der Waals surface area contributed by atoms with Gasteiger partial charge in [-0.3, -0.25) is 4.99 Å². The number of aliphatic imine (C=N–C) groups is 1. The van der Waals surface area contributed by atoms with Crippen molar-refractivity contribution in [3.8, 4) is 0 Å². The second-order valence-corrected chi connectivity index (χ2v) is 6.82. The van der Waals surface area contributed by atoms with E-state index in [2.05, 4.69) is 57.8 Å². The fourth-order valence-electron chi connectivity index (χ4n) is 1.45. The maximum Gasteiger partial charge on any atom is 0.0664 e. The summed E-state index contributed by atoms with van der Waals surface area (Å²) in [7, 11) is 0. The molecular formula is C23H42N2S. The van der Waals surface area contributed by atoms with E-state index in [0.717, 1.165) is 18.2 Å². The Bertz CT molecular complexity index is 472. The van der Waals surface area contributed by atoms with Gasteiger partial charge < -0.3 is 5.73 Å². The van der Waals surface area contributed by atoms with Crippen molar-refractivity contribution in [2.75, 3.05) is 12.8 Å². The standard InChI is InChI=1S/C15H19NS.C4H10.C2H7N.C2H6/c1-13(2)14-9-5-6-10-15(14)16-11-7-4-8-12-17-3;1-4(2)3;1-2-3;1-2/h4-13H,1-3H3;4H,1-3H3;2-3H2,1H3;1-2H3/b7-4+,12-8-,16-11?;;;. The molecule has 0 amide bonds. The quantitative estimate of drug-likeness (QED) is 0.423. The molecule has 0 unspecified atom stereocenters. The third-order valence-corrected chi connectivity index (χ3v) is 2.72. The average molecular weight is 379 g/mol. The minimum atomic E-state index is 0.503. The first-order valence-electron chi connectivity index (χ1n) is 9.58. The van der Waals surface area contributed by atoms with E-state index in [4.69, 9.17) is 5.73 Å². The topological polar surface area (TPSA) is 38.4 Å². The van der Waals surface area contributed by atoms with Crippen LogP contribution in [0.2, 0.25) is 0 Å². The fourth-order valence-corrected chi connectivity index (χ4v) is 1.70. The Morgan fingerprint density at radius 3 is 1.96 bits per heavy atom. The van der Waals surface area contributed by atoms with Crippen molar-refractivity contribution in [1.29, 1.82) is 0 Å². The third-order valence-electron chi connectivity index (χ3n) is 2.30. The molecule has 0 fully saturated rings. The summed E-state index contributed by atoms with van der Waals surface area (Å²) in [4.78, 5) is 4.47. The van der Waals surface area contributed by atoms with Gasteiger partial charge in [-0.05, 0) is 47.8 Å². The van der Waals surface area contributed by atoms with E-state index in [1.807, 2.05) is 62.9 Å². The molecule has 0 bridgehead atoms. The average Bonchev–Trinajstić information content (AvgIpc) is 2.60. The van der Waals surface area contributed by atoms with Crippen LogP contribution in [-0.2, 0) is 0 Å². The number of hydrogen-bond acceptors (Lipinski definition) is 3. The van der Waals surface area contributed by atoms with E-state index < -0.39 is 0 Å². The molecule has 1 rings (SSSR count). The Labute approximate surface area is 168 Å². The van der Waals surface area contributed by atoms with Crippen LogP contribution in [0.1, 0.15) is 66.9 Å². The van der Waals surface area contributed by atoms with Crippen molar-refractivity contribution in [2.24, 2.45) is 16.6 Å². The second kappa shape index (κ2) is 23.7. The molecule has 26 heavy (non-hydrogen) atoms. The zero-order valence-corrected chi connectivity index (χ0v) is 19.3. The Kier molecular flexibility index (Phi) is 26.8. The molecule has 0 radical (unpaired) electrons. The van der Waals surface area contributed by atoms with Crippen LogP contribution >= 0.6 is 11.8 Å². The summed E-state index contributed by atoms with van der Waals surface area (Å²) >= 11 is 1.69. The number of benzene rings is 1. The first-order valence-corrected chi connectivity index (χ1v) is 10.9. The molecule has 3 heteroatoms. The van der Waals surface area contributed by atoms with Gasteiger partial charge >= 0.3 is 0 Å². The molecule has 150 valence electrons. The predicted octanol–water partition coefficient (Wildman–Crippen LogP) is 7.60. The normalized spacial score (nSPS) is 10.5. The van der Waals surface area contributed by atoms with Gasteiger partial charge in [-0.2, -0.15) is 0 Å². The minimum absolute atomic E-state index is 0.503. The molecule has 0 saturated carbocycles. The van der Waals surface area contributed by atoms with Gasteiger partial charge in [0.15, 0.2) is 0 Å². The number of thioether (sulfide) groups is 1. The summed E-state index contributed by atoms with van der Waals surface area (Å²) < 4.78 is 0. The molecule has 0 aliphatic carbocycles. The number of nitrogens with two attached hydrogens (primary N) is 1. The van der Waals surface area contributed by atoms with Crippen molar-refractivity contribution in [3.05, 3.63) is 53.5 Å². The lowest BCUT2D eigenvalue weighted by molar-refractivity contribution is 0.737. The van der Waals surface area contributed by atoms with Crippen LogP contribution in [0.3, 0.4) is 0 Å². The highest BCUT2D eigenvalue weighted by Crippen LogP contribution is 2.25. The van der Waals surface area contributed by atoms with E-state index in [9.17, 15) is 0 Å². The van der Waals surface area contributed by atoms with Crippen LogP contribution in [0.5, 0.6) is 0 Å². The molecule has 2 nitrogen and oxygen atoms in total. The van der Waals surface area contributed by atoms with Crippen molar-refractivity contribution >= 4 is 23.7 Å². The molecule has 1 aromatic carbocycles. The first-order chi connectivity index (χ1) is 12.4. The lowest BCUT2D eigenvalue weighted by Gasteiger charge is -2.07. The van der Waals surface area contributed by atoms with Gasteiger partial charge in [0.25, 0.3) is 0 Å². The van der Waals surface area contributed by atoms with Crippen molar-refractivity contribution in [2.45, 2.75) is 61.3 Å². The van der Waals surface area contributed by atoms with E-state index in [1.165, 1.54) is 5.56 Å². The Hall–Kier alpha value is -1.32. The van der Waals surface area contributed by atoms with Crippen LogP contribution < -0.4 is 5.73 Å². The maximum atomic E-state index is 4.85. The SMILES string of the molecule is CC.CC(C)C.CCN.CS/C=C\C=C\C=Nc1ccccc1C(C)C. The molecule has 1 aromatic rings. The van der Waals surface area contributed by atoms with Crippen LogP contribution in [0, 0.1) is 5.92 Å². The van der Waals surface area contributed by atoms with E-state index in [-0.39, 0.29) is 0 Å². The monoisotopic (exact) mass is 378 g/mol. The zero-order chi connectivity index (χ0) is 20.8. The lowest BCUT2D eigenvalue weighted by Crippen LogP contribution is -1.87. The highest BCUT2D eigenvalue weighted by atomic mass is 32.2. The van der Waals surface area contributed by atoms with Crippen LogP contribution in [0.15, 0.2) is 52.9 Å². The van der Waals surface area contributed by atoms with Crippen molar-refractivity contribution in [3.63, 3.8) is 0 Å². The molecule has 0 aromatic heterocycles. The Morgan fingerprint density at radius 1 is 1.00 bits per heavy atom. The fraction of sp³-hybridized carbons (Fsp3) is 0.522. The predicted molar refractivity (Wildman–Crippen MR) is 127 cm³/mol. The van der Waals surface area contributed by atoms with E-state index in [0.29, 0.717) is 5.92 Å². The molecule has 0 aliphatic heterocycles. The summed E-state index contributed by atoms with van der Waals surface area (Å²) in [6.45, 7) is 17.5. The van der Waals surface area contributed by atoms with Crippen LogP contribution in [-0.4, -0.2) is 19.0 Å². The molecule has 2 N–H and O–H groups in total. The molecule has 0 spiro atoms. The van der Waals surface area contributed by atoms with Gasteiger partial charge in [0.1, 0.15) is 0 Å². The number of hydrogen-bond donors (Lipinski definition) is 1. The highest BCUT2D eigenvalue weighted by molar-refractivity contribution is 8.01. The summed E-state index contributed by atoms with van der Waals surface area (Å²) in [6, 6.07) is 8.27. The summed E-state index contributed by atoms with van der Waals surface area (Å²) in [5.41, 5.74) is 7.19. The lowest BCUT2D eigenvalue weighted by atomic mass is 10.0. The smallest absolute Gasteiger partial charge is 0.0664 e. The summed E-state index contributed by atoms with van der Waals surface area (Å²) in [6.07, 6.45) is 9.82. The number of rotatable bonds is 5. The van der Waals surface area contributed by atoms with Gasteiger partial charge in [-0.25, -0.2) is 0 Å². The zero-order valence-electron chi connectivity index (χ0n) is 18.5. The number of para-hydroxylation sites is 1. The van der Waals surface area contributed by atoms with Crippen molar-refractivity contribution < 1.29 is 0 Å². The second-order valence-electron chi connectivity index (χ2n) is 6.08. The van der Waals surface area contributed by atoms with Gasteiger partial charge in [-0.15, -0.1) is 11.8 Å². The van der Waals surface area contributed by atoms with Gasteiger partial charge in [0.05, 0.1) is 5.69 Å². The number of allylic oxidation sites excluding steroid dienone is 3. The van der Waals surface area contributed by atoms with Crippen LogP contribution in [0.4, 0.5) is 5.69 Å². The minimum Gasteiger partial charge on any atom is -0.331 e. The Morgan fingerprint density at radius 2 is 1.50 bits per heavy atom. The molecule has 0 aliphatic rings. The number of nitrogens with zero attached hydrogens (tertiary/aromatic N) is 1. The molecule has 0 heterocycles. The van der Waals surface area contributed by atoms with Crippen molar-refractivity contribution in [1.82, 2.24) is 0 Å². The van der Waals surface area contributed by atoms with Gasteiger partial charge in [0.2, 0.25) is 0 Å². The first kappa shape index (κ1) is 29.4. The Balaban J connectivity index is -0.000000495. The van der Waals surface area contributed by atoms with Gasteiger partial charge in [-0.1, -0.05) is 85.7 Å². The van der Waals surface area contributed by atoms with E-state index >= 15 is 0 Å². The molecule has 0 saturated heterocycles. The third kappa shape index (κ3) is 22.7. The summed E-state index contributed by atoms with van der Waals surface area (Å²) in [5, 5.41) is 2.03. The summed E-state index contributed by atoms with van der Waals surface area (Å²) in [5.74, 6) is 1.34. The van der Waals surface area contributed by atoms with Gasteiger partial charge in [0, 0.05) is 6.21 Å².